The van der Waals surface area contributed by atoms with E-state index in [2.05, 4.69) is 9.97 Å². The summed E-state index contributed by atoms with van der Waals surface area (Å²) in [6.07, 6.45) is 1.34. The van der Waals surface area contributed by atoms with Crippen LogP contribution in [-0.4, -0.2) is 67.8 Å². The number of aromatic nitrogens is 2. The van der Waals surface area contributed by atoms with Crippen LogP contribution in [0.5, 0.6) is 23.0 Å². The molecule has 0 aliphatic carbocycles. The van der Waals surface area contributed by atoms with Crippen molar-refractivity contribution in [2.24, 2.45) is 0 Å². The zero-order chi connectivity index (χ0) is 26.4. The number of ether oxygens (including phenoxy) is 4. The number of methoxy groups -OCH3 is 4. The van der Waals surface area contributed by atoms with Crippen LogP contribution in [0.4, 0.5) is 5.69 Å². The van der Waals surface area contributed by atoms with Crippen LogP contribution >= 0.6 is 11.6 Å². The maximum Gasteiger partial charge on any atom is 0.339 e. The Morgan fingerprint density at radius 2 is 1.86 bits per heavy atom. The normalized spacial score (nSPS) is 14.6. The minimum Gasteiger partial charge on any atom is -0.506 e. The van der Waals surface area contributed by atoms with Crippen molar-refractivity contribution in [1.29, 1.82) is 0 Å². The molecule has 192 valence electrons. The van der Waals surface area contributed by atoms with E-state index in [1.807, 2.05) is 0 Å². The van der Waals surface area contributed by atoms with Crippen molar-refractivity contribution in [1.82, 2.24) is 9.97 Å². The predicted molar refractivity (Wildman–Crippen MR) is 138 cm³/mol. The lowest BCUT2D eigenvalue weighted by atomic mass is 9.97. The second-order valence-corrected chi connectivity index (χ2v) is 8.81. The molecule has 0 fully saturated rings. The van der Waals surface area contributed by atoms with Crippen LogP contribution < -0.4 is 19.1 Å². The van der Waals surface area contributed by atoms with Crippen molar-refractivity contribution >= 4 is 51.0 Å². The number of anilines is 1. The highest BCUT2D eigenvalue weighted by molar-refractivity contribution is 6.19. The van der Waals surface area contributed by atoms with Gasteiger partial charge in [-0.25, -0.2) is 4.79 Å². The number of hydrogen-bond donors (Lipinski definition) is 2. The van der Waals surface area contributed by atoms with Crippen LogP contribution in [-0.2, 0) is 4.74 Å². The summed E-state index contributed by atoms with van der Waals surface area (Å²) in [5.74, 6) is 0.221. The fourth-order valence-electron chi connectivity index (χ4n) is 4.90. The lowest BCUT2D eigenvalue weighted by Gasteiger charge is -2.17. The highest BCUT2D eigenvalue weighted by Crippen LogP contribution is 2.46. The number of benzene rings is 2. The molecule has 2 aromatic heterocycles. The zero-order valence-electron chi connectivity index (χ0n) is 20.5. The Kier molecular flexibility index (Phi) is 6.20. The molecule has 1 unspecified atom stereocenters. The van der Waals surface area contributed by atoms with Gasteiger partial charge in [0.15, 0.2) is 11.5 Å². The van der Waals surface area contributed by atoms with Gasteiger partial charge in [-0.05, 0) is 23.8 Å². The fraction of sp³-hybridized carbons (Fsp3) is 0.269. The predicted octanol–water partition coefficient (Wildman–Crippen LogP) is 4.22. The van der Waals surface area contributed by atoms with Gasteiger partial charge in [-0.3, -0.25) is 9.78 Å². The Labute approximate surface area is 216 Å². The van der Waals surface area contributed by atoms with E-state index >= 15 is 0 Å². The number of hydrogen-bond acceptors (Lipinski definition) is 8. The average molecular weight is 526 g/mol. The molecule has 5 rings (SSSR count). The molecule has 0 radical (unpaired) electrons. The molecule has 37 heavy (non-hydrogen) atoms. The number of phenolic OH excluding ortho intramolecular Hbond substituents is 1. The van der Waals surface area contributed by atoms with Gasteiger partial charge in [-0.15, -0.1) is 11.6 Å². The first kappa shape index (κ1) is 24.5. The second kappa shape index (κ2) is 9.36. The largest absolute Gasteiger partial charge is 0.506 e. The number of amides is 1. The number of alkyl halides is 1. The number of phenols is 1. The fourth-order valence-corrected chi connectivity index (χ4v) is 5.15. The molecule has 1 amide bonds. The van der Waals surface area contributed by atoms with Crippen molar-refractivity contribution < 1.29 is 33.6 Å². The maximum absolute atomic E-state index is 13.8. The van der Waals surface area contributed by atoms with Gasteiger partial charge in [0.1, 0.15) is 17.0 Å². The third-order valence-electron chi connectivity index (χ3n) is 6.57. The van der Waals surface area contributed by atoms with E-state index in [0.29, 0.717) is 50.4 Å². The van der Waals surface area contributed by atoms with Crippen molar-refractivity contribution in [3.05, 3.63) is 47.3 Å². The molecule has 0 bridgehead atoms. The van der Waals surface area contributed by atoms with Gasteiger partial charge in [0.2, 0.25) is 5.75 Å². The molecule has 0 saturated heterocycles. The monoisotopic (exact) mass is 525 g/mol. The summed E-state index contributed by atoms with van der Waals surface area (Å²) in [7, 11) is 5.81. The molecule has 2 aromatic carbocycles. The van der Waals surface area contributed by atoms with Crippen molar-refractivity contribution in [2.75, 3.05) is 45.8 Å². The van der Waals surface area contributed by atoms with Crippen LogP contribution in [0.25, 0.3) is 21.8 Å². The van der Waals surface area contributed by atoms with Gasteiger partial charge in [-0.1, -0.05) is 0 Å². The number of rotatable bonds is 6. The number of halogens is 1. The summed E-state index contributed by atoms with van der Waals surface area (Å²) in [6, 6.07) is 6.56. The van der Waals surface area contributed by atoms with Gasteiger partial charge >= 0.3 is 5.97 Å². The first-order valence-electron chi connectivity index (χ1n) is 11.3. The van der Waals surface area contributed by atoms with E-state index in [1.54, 1.807) is 23.1 Å². The van der Waals surface area contributed by atoms with Crippen LogP contribution in [0.3, 0.4) is 0 Å². The molecule has 1 atom stereocenters. The first-order valence-corrected chi connectivity index (χ1v) is 11.8. The Hall–Kier alpha value is -4.18. The van der Waals surface area contributed by atoms with E-state index in [-0.39, 0.29) is 35.6 Å². The van der Waals surface area contributed by atoms with E-state index < -0.39 is 5.97 Å². The standard InChI is InChI=1S/C26H24ClN3O7/c1-34-19-7-12-6-16(29-21(12)24(36-3)23(19)35-2)25(32)30-11-14(9-27)20-15-5-13(26(33)37-4)10-28-22(15)18(31)8-17(20)30/h5-8,10,14,29,31H,9,11H2,1-4H3. The molecule has 2 N–H and O–H groups in total. The van der Waals surface area contributed by atoms with Crippen LogP contribution in [0.1, 0.15) is 32.3 Å². The second-order valence-electron chi connectivity index (χ2n) is 8.50. The summed E-state index contributed by atoms with van der Waals surface area (Å²) in [5, 5.41) is 12.0. The molecule has 1 aliphatic rings. The zero-order valence-corrected chi connectivity index (χ0v) is 21.3. The lowest BCUT2D eigenvalue weighted by Crippen LogP contribution is -2.30. The maximum atomic E-state index is 13.8. The van der Waals surface area contributed by atoms with E-state index in [9.17, 15) is 14.7 Å². The first-order chi connectivity index (χ1) is 17.9. The van der Waals surface area contributed by atoms with E-state index in [1.165, 1.54) is 40.7 Å². The van der Waals surface area contributed by atoms with Crippen LogP contribution in [0, 0.1) is 0 Å². The molecule has 10 nitrogen and oxygen atoms in total. The molecule has 3 heterocycles. The highest BCUT2D eigenvalue weighted by Gasteiger charge is 2.36. The number of aromatic hydroxyl groups is 1. The van der Waals surface area contributed by atoms with Gasteiger partial charge < -0.3 is 33.9 Å². The Morgan fingerprint density at radius 3 is 2.51 bits per heavy atom. The minimum absolute atomic E-state index is 0.119. The van der Waals surface area contributed by atoms with Gasteiger partial charge in [0, 0.05) is 41.4 Å². The molecule has 4 aromatic rings. The summed E-state index contributed by atoms with van der Waals surface area (Å²) in [6.45, 7) is 0.276. The van der Waals surface area contributed by atoms with Gasteiger partial charge in [-0.2, -0.15) is 0 Å². The summed E-state index contributed by atoms with van der Waals surface area (Å²) >= 11 is 6.33. The molecule has 1 aliphatic heterocycles. The highest BCUT2D eigenvalue weighted by atomic mass is 35.5. The number of pyridine rings is 1. The smallest absolute Gasteiger partial charge is 0.339 e. The summed E-state index contributed by atoms with van der Waals surface area (Å²) < 4.78 is 21.2. The summed E-state index contributed by atoms with van der Waals surface area (Å²) in [5.41, 5.74) is 2.63. The van der Waals surface area contributed by atoms with E-state index in [4.69, 9.17) is 30.5 Å². The van der Waals surface area contributed by atoms with Crippen LogP contribution in [0.15, 0.2) is 30.5 Å². The topological polar surface area (TPSA) is 123 Å². The number of esters is 1. The lowest BCUT2D eigenvalue weighted by molar-refractivity contribution is 0.0600. The number of nitrogens with zero attached hydrogens (tertiary/aromatic N) is 2. The molecule has 0 saturated carbocycles. The molecular weight excluding hydrogens is 502 g/mol. The van der Waals surface area contributed by atoms with Crippen molar-refractivity contribution in [3.63, 3.8) is 0 Å². The van der Waals surface area contributed by atoms with Crippen molar-refractivity contribution in [2.45, 2.75) is 5.92 Å². The number of carbonyl (C=O) groups excluding carboxylic acids is 2. The Balaban J connectivity index is 1.65. The minimum atomic E-state index is -0.558. The number of fused-ring (bicyclic) bond motifs is 4. The van der Waals surface area contributed by atoms with E-state index in [0.717, 1.165) is 5.56 Å². The number of aromatic amines is 1. The quantitative estimate of drug-likeness (QED) is 0.283. The molecule has 11 heteroatoms. The molecule has 0 spiro atoms. The van der Waals surface area contributed by atoms with Crippen molar-refractivity contribution in [3.8, 4) is 23.0 Å². The van der Waals surface area contributed by atoms with Gasteiger partial charge in [0.25, 0.3) is 5.91 Å². The average Bonchev–Trinajstić information content (AvgIpc) is 3.52. The molecular formula is C26H24ClN3O7. The number of nitrogens with one attached hydrogen (secondary N) is 1. The number of H-pyrrole nitrogens is 1. The summed E-state index contributed by atoms with van der Waals surface area (Å²) in [4.78, 5) is 34.9. The Bertz CT molecular complexity index is 1570. The SMILES string of the molecule is COC(=O)c1cnc2c(O)cc3c(c2c1)C(CCl)CN3C(=O)c1cc2cc(OC)c(OC)c(OC)c2[nH]1. The number of carbonyl (C=O) groups is 2. The Morgan fingerprint density at radius 1 is 1.11 bits per heavy atom. The van der Waals surface area contributed by atoms with Crippen LogP contribution in [0.2, 0.25) is 0 Å². The third-order valence-corrected chi connectivity index (χ3v) is 6.95. The third kappa shape index (κ3) is 3.75. The van der Waals surface area contributed by atoms with Gasteiger partial charge in [0.05, 0.1) is 45.2 Å².